The van der Waals surface area contributed by atoms with Crippen molar-refractivity contribution in [3.63, 3.8) is 0 Å². The maximum Gasteiger partial charge on any atom is 0.274 e. The number of nitrogens with one attached hydrogen (secondary N) is 2. The SMILES string of the molecule is CN1CCN(c2ccc(NC(=O)c3ccc(NC4CCCC4)cn3)cc2)CC1. The molecule has 2 fully saturated rings. The largest absolute Gasteiger partial charge is 0.381 e. The van der Waals surface area contributed by atoms with Crippen LogP contribution in [-0.4, -0.2) is 55.1 Å². The summed E-state index contributed by atoms with van der Waals surface area (Å²) < 4.78 is 0. The fraction of sp³-hybridized carbons (Fsp3) is 0.455. The van der Waals surface area contributed by atoms with E-state index in [1.54, 1.807) is 12.3 Å². The van der Waals surface area contributed by atoms with E-state index in [1.807, 2.05) is 18.2 Å². The van der Waals surface area contributed by atoms with Crippen molar-refractivity contribution in [2.75, 3.05) is 48.8 Å². The van der Waals surface area contributed by atoms with Crippen LogP contribution in [0.2, 0.25) is 0 Å². The summed E-state index contributed by atoms with van der Waals surface area (Å²) >= 11 is 0. The van der Waals surface area contributed by atoms with E-state index in [9.17, 15) is 4.79 Å². The Hall–Kier alpha value is -2.60. The lowest BCUT2D eigenvalue weighted by Crippen LogP contribution is -2.44. The second kappa shape index (κ2) is 8.61. The minimum absolute atomic E-state index is 0.181. The highest BCUT2D eigenvalue weighted by Gasteiger charge is 2.16. The van der Waals surface area contributed by atoms with Gasteiger partial charge in [0.15, 0.2) is 0 Å². The number of carbonyl (C=O) groups excluding carboxylic acids is 1. The number of piperazine rings is 1. The van der Waals surface area contributed by atoms with Gasteiger partial charge in [-0.05, 0) is 56.3 Å². The topological polar surface area (TPSA) is 60.5 Å². The second-order valence-electron chi connectivity index (χ2n) is 7.85. The van der Waals surface area contributed by atoms with Crippen molar-refractivity contribution in [1.82, 2.24) is 9.88 Å². The first-order valence-corrected chi connectivity index (χ1v) is 10.2. The molecule has 2 aromatic rings. The molecule has 1 aromatic heterocycles. The molecular weight excluding hydrogens is 350 g/mol. The molecule has 28 heavy (non-hydrogen) atoms. The molecule has 148 valence electrons. The van der Waals surface area contributed by atoms with Gasteiger partial charge in [0.1, 0.15) is 5.69 Å². The molecule has 1 saturated carbocycles. The molecule has 2 N–H and O–H groups in total. The Morgan fingerprint density at radius 3 is 2.29 bits per heavy atom. The van der Waals surface area contributed by atoms with Crippen LogP contribution in [0.4, 0.5) is 17.1 Å². The number of benzene rings is 1. The Kier molecular flexibility index (Phi) is 5.76. The number of carbonyl (C=O) groups is 1. The molecule has 0 bridgehead atoms. The third-order valence-electron chi connectivity index (χ3n) is 5.72. The summed E-state index contributed by atoms with van der Waals surface area (Å²) in [6.45, 7) is 4.23. The number of amides is 1. The van der Waals surface area contributed by atoms with E-state index in [1.165, 1.54) is 31.4 Å². The second-order valence-corrected chi connectivity index (χ2v) is 7.85. The van der Waals surface area contributed by atoms with Crippen molar-refractivity contribution in [2.45, 2.75) is 31.7 Å². The zero-order valence-corrected chi connectivity index (χ0v) is 16.5. The summed E-state index contributed by atoms with van der Waals surface area (Å²) in [5, 5.41) is 6.43. The third kappa shape index (κ3) is 4.62. The van der Waals surface area contributed by atoms with Gasteiger partial charge in [-0.15, -0.1) is 0 Å². The molecule has 1 aromatic carbocycles. The summed E-state index contributed by atoms with van der Waals surface area (Å²) in [6, 6.07) is 12.3. The summed E-state index contributed by atoms with van der Waals surface area (Å²) in [6.07, 6.45) is 6.76. The van der Waals surface area contributed by atoms with Crippen LogP contribution >= 0.6 is 0 Å². The lowest BCUT2D eigenvalue weighted by Gasteiger charge is -2.34. The van der Waals surface area contributed by atoms with Crippen LogP contribution in [0.25, 0.3) is 0 Å². The first-order chi connectivity index (χ1) is 13.7. The zero-order valence-electron chi connectivity index (χ0n) is 16.5. The molecule has 0 unspecified atom stereocenters. The lowest BCUT2D eigenvalue weighted by atomic mass is 10.2. The van der Waals surface area contributed by atoms with E-state index in [0.29, 0.717) is 11.7 Å². The molecule has 2 heterocycles. The molecule has 0 spiro atoms. The highest BCUT2D eigenvalue weighted by Crippen LogP contribution is 2.22. The number of likely N-dealkylation sites (N-methyl/N-ethyl adjacent to an activating group) is 1. The predicted molar refractivity (Wildman–Crippen MR) is 114 cm³/mol. The number of rotatable bonds is 5. The fourth-order valence-corrected chi connectivity index (χ4v) is 3.93. The van der Waals surface area contributed by atoms with Crippen LogP contribution in [0, 0.1) is 0 Å². The van der Waals surface area contributed by atoms with Gasteiger partial charge in [0.05, 0.1) is 11.9 Å². The standard InChI is InChI=1S/C22H29N5O/c1-26-12-14-27(15-13-26)20-9-6-18(7-10-20)25-22(28)21-11-8-19(16-23-21)24-17-4-2-3-5-17/h6-11,16-17,24H,2-5,12-15H2,1H3,(H,25,28). The van der Waals surface area contributed by atoms with E-state index in [2.05, 4.69) is 44.6 Å². The van der Waals surface area contributed by atoms with E-state index < -0.39 is 0 Å². The van der Waals surface area contributed by atoms with Gasteiger partial charge >= 0.3 is 0 Å². The third-order valence-corrected chi connectivity index (χ3v) is 5.72. The highest BCUT2D eigenvalue weighted by molar-refractivity contribution is 6.03. The van der Waals surface area contributed by atoms with Crippen molar-refractivity contribution < 1.29 is 4.79 Å². The zero-order chi connectivity index (χ0) is 19.3. The Morgan fingerprint density at radius 2 is 1.64 bits per heavy atom. The lowest BCUT2D eigenvalue weighted by molar-refractivity contribution is 0.102. The van der Waals surface area contributed by atoms with E-state index in [0.717, 1.165) is 37.6 Å². The van der Waals surface area contributed by atoms with E-state index in [4.69, 9.17) is 0 Å². The van der Waals surface area contributed by atoms with Crippen LogP contribution in [-0.2, 0) is 0 Å². The summed E-state index contributed by atoms with van der Waals surface area (Å²) in [4.78, 5) is 21.5. The van der Waals surface area contributed by atoms with Crippen LogP contribution in [0.5, 0.6) is 0 Å². The average molecular weight is 380 g/mol. The van der Waals surface area contributed by atoms with Gasteiger partial charge in [0, 0.05) is 43.6 Å². The smallest absolute Gasteiger partial charge is 0.274 e. The minimum Gasteiger partial charge on any atom is -0.381 e. The van der Waals surface area contributed by atoms with Gasteiger partial charge in [-0.3, -0.25) is 4.79 Å². The van der Waals surface area contributed by atoms with Crippen LogP contribution in [0.1, 0.15) is 36.2 Å². The molecule has 1 aliphatic carbocycles. The van der Waals surface area contributed by atoms with Crippen molar-refractivity contribution in [3.8, 4) is 0 Å². The summed E-state index contributed by atoms with van der Waals surface area (Å²) in [7, 11) is 2.15. The van der Waals surface area contributed by atoms with Crippen LogP contribution in [0.15, 0.2) is 42.6 Å². The van der Waals surface area contributed by atoms with Crippen molar-refractivity contribution >= 4 is 23.0 Å². The van der Waals surface area contributed by atoms with Crippen molar-refractivity contribution in [1.29, 1.82) is 0 Å². The number of aromatic nitrogens is 1. The van der Waals surface area contributed by atoms with Gasteiger partial charge in [-0.1, -0.05) is 12.8 Å². The molecule has 6 heteroatoms. The Morgan fingerprint density at radius 1 is 0.964 bits per heavy atom. The predicted octanol–water partition coefficient (Wildman–Crippen LogP) is 3.44. The minimum atomic E-state index is -0.181. The fourth-order valence-electron chi connectivity index (χ4n) is 3.93. The van der Waals surface area contributed by atoms with Crippen molar-refractivity contribution in [2.24, 2.45) is 0 Å². The molecule has 0 radical (unpaired) electrons. The quantitative estimate of drug-likeness (QED) is 0.833. The maximum absolute atomic E-state index is 12.5. The van der Waals surface area contributed by atoms with E-state index >= 15 is 0 Å². The molecule has 6 nitrogen and oxygen atoms in total. The molecule has 4 rings (SSSR count). The number of hydrogen-bond acceptors (Lipinski definition) is 5. The van der Waals surface area contributed by atoms with Crippen LogP contribution in [0.3, 0.4) is 0 Å². The summed E-state index contributed by atoms with van der Waals surface area (Å²) in [5.41, 5.74) is 3.41. The number of hydrogen-bond donors (Lipinski definition) is 2. The Labute approximate surface area is 166 Å². The molecule has 2 aliphatic rings. The monoisotopic (exact) mass is 379 g/mol. The first-order valence-electron chi connectivity index (χ1n) is 10.2. The maximum atomic E-state index is 12.5. The van der Waals surface area contributed by atoms with Crippen molar-refractivity contribution in [3.05, 3.63) is 48.3 Å². The number of anilines is 3. The molecule has 0 atom stereocenters. The Balaban J connectivity index is 1.32. The highest BCUT2D eigenvalue weighted by atomic mass is 16.1. The van der Waals surface area contributed by atoms with Gasteiger partial charge in [-0.25, -0.2) is 4.98 Å². The summed E-state index contributed by atoms with van der Waals surface area (Å²) in [5.74, 6) is -0.181. The van der Waals surface area contributed by atoms with E-state index in [-0.39, 0.29) is 5.91 Å². The molecular formula is C22H29N5O. The van der Waals surface area contributed by atoms with Crippen LogP contribution < -0.4 is 15.5 Å². The van der Waals surface area contributed by atoms with Gasteiger partial charge in [0.25, 0.3) is 5.91 Å². The number of pyridine rings is 1. The molecule has 1 saturated heterocycles. The van der Waals surface area contributed by atoms with Gasteiger partial charge in [0.2, 0.25) is 0 Å². The Bertz CT molecular complexity index is 776. The average Bonchev–Trinajstić information content (AvgIpc) is 3.23. The number of nitrogens with zero attached hydrogens (tertiary/aromatic N) is 3. The first kappa shape index (κ1) is 18.7. The van der Waals surface area contributed by atoms with Gasteiger partial charge in [-0.2, -0.15) is 0 Å². The normalized spacial score (nSPS) is 18.2. The molecule has 1 aliphatic heterocycles. The van der Waals surface area contributed by atoms with Gasteiger partial charge < -0.3 is 20.4 Å². The molecule has 1 amide bonds.